The molecule has 0 bridgehead atoms. The fraction of sp³-hybridized carbons (Fsp3) is 0.609. The molecule has 1 aliphatic carbocycles. The van der Waals surface area contributed by atoms with Crippen LogP contribution in [0.5, 0.6) is 0 Å². The fourth-order valence-corrected chi connectivity index (χ4v) is 4.06. The van der Waals surface area contributed by atoms with Crippen LogP contribution < -0.4 is 10.6 Å². The first-order chi connectivity index (χ1) is 13.8. The average molecular weight is 399 g/mol. The number of rotatable bonds is 7. The molecule has 6 heteroatoms. The topological polar surface area (TPSA) is 76.0 Å². The van der Waals surface area contributed by atoms with Crippen molar-refractivity contribution in [3.63, 3.8) is 0 Å². The van der Waals surface area contributed by atoms with E-state index in [1.165, 1.54) is 19.3 Å². The number of nitrogens with zero attached hydrogens (tertiary/aromatic N) is 2. The first-order valence-corrected chi connectivity index (χ1v) is 10.9. The molecule has 2 aromatic rings. The zero-order valence-corrected chi connectivity index (χ0v) is 18.0. The van der Waals surface area contributed by atoms with Crippen LogP contribution >= 0.6 is 0 Å². The van der Waals surface area contributed by atoms with E-state index < -0.39 is 0 Å². The Balaban J connectivity index is 1.61. The number of hydrogen-bond donors (Lipinski definition) is 2. The van der Waals surface area contributed by atoms with Crippen molar-refractivity contribution in [3.05, 3.63) is 30.1 Å². The van der Waals surface area contributed by atoms with Gasteiger partial charge in [-0.2, -0.15) is 0 Å². The summed E-state index contributed by atoms with van der Waals surface area (Å²) in [7, 11) is 0. The number of para-hydroxylation sites is 2. The molecule has 0 saturated heterocycles. The van der Waals surface area contributed by atoms with E-state index in [1.807, 2.05) is 49.6 Å². The maximum absolute atomic E-state index is 12.5. The third-order valence-corrected chi connectivity index (χ3v) is 5.40. The first-order valence-electron chi connectivity index (χ1n) is 10.9. The highest BCUT2D eigenvalue weighted by atomic mass is 16.2. The largest absolute Gasteiger partial charge is 0.356 e. The van der Waals surface area contributed by atoms with Crippen molar-refractivity contribution in [3.8, 4) is 0 Å². The van der Waals surface area contributed by atoms with E-state index in [-0.39, 0.29) is 29.8 Å². The van der Waals surface area contributed by atoms with Crippen molar-refractivity contribution >= 4 is 22.8 Å². The number of aromatic nitrogens is 2. The molecule has 0 unspecified atom stereocenters. The second-order valence-electron chi connectivity index (χ2n) is 9.13. The van der Waals surface area contributed by atoms with Gasteiger partial charge in [-0.1, -0.05) is 31.4 Å². The van der Waals surface area contributed by atoms with Gasteiger partial charge in [-0.3, -0.25) is 9.59 Å². The zero-order chi connectivity index (χ0) is 20.9. The Morgan fingerprint density at radius 3 is 2.59 bits per heavy atom. The van der Waals surface area contributed by atoms with Crippen LogP contribution in [0.4, 0.5) is 0 Å². The SMILES string of the molecule is CC(C)(C)NC(=O)Cn1c(CCCNC(=O)C2CCCCC2)nc2ccccc21. The van der Waals surface area contributed by atoms with E-state index in [2.05, 4.69) is 10.6 Å². The van der Waals surface area contributed by atoms with Crippen LogP contribution in [0.1, 0.15) is 65.1 Å². The summed E-state index contributed by atoms with van der Waals surface area (Å²) >= 11 is 0. The van der Waals surface area contributed by atoms with E-state index in [9.17, 15) is 9.59 Å². The molecule has 6 nitrogen and oxygen atoms in total. The zero-order valence-electron chi connectivity index (χ0n) is 18.0. The molecule has 0 aliphatic heterocycles. The number of aryl methyl sites for hydroxylation is 1. The van der Waals surface area contributed by atoms with Gasteiger partial charge in [0, 0.05) is 24.4 Å². The minimum Gasteiger partial charge on any atom is -0.356 e. The Morgan fingerprint density at radius 2 is 1.86 bits per heavy atom. The highest BCUT2D eigenvalue weighted by molar-refractivity contribution is 5.81. The molecule has 0 radical (unpaired) electrons. The van der Waals surface area contributed by atoms with Crippen LogP contribution in [0.25, 0.3) is 11.0 Å². The molecule has 1 saturated carbocycles. The van der Waals surface area contributed by atoms with Crippen LogP contribution in [-0.4, -0.2) is 33.4 Å². The van der Waals surface area contributed by atoms with E-state index in [1.54, 1.807) is 0 Å². The van der Waals surface area contributed by atoms with Gasteiger partial charge in [-0.15, -0.1) is 0 Å². The van der Waals surface area contributed by atoms with Crippen molar-refractivity contribution in [2.45, 2.75) is 77.8 Å². The summed E-state index contributed by atoms with van der Waals surface area (Å²) in [5.41, 5.74) is 1.60. The number of carbonyl (C=O) groups excluding carboxylic acids is 2. The van der Waals surface area contributed by atoms with Crippen molar-refractivity contribution in [1.82, 2.24) is 20.2 Å². The molecule has 2 N–H and O–H groups in total. The maximum Gasteiger partial charge on any atom is 0.240 e. The molecule has 1 aromatic carbocycles. The standard InChI is InChI=1S/C23H34N4O2/c1-23(2,3)26-21(28)16-27-19-13-8-7-12-18(19)25-20(27)14-9-15-24-22(29)17-10-5-4-6-11-17/h7-8,12-13,17H,4-6,9-11,14-16H2,1-3H3,(H,24,29)(H,26,28). The summed E-state index contributed by atoms with van der Waals surface area (Å²) < 4.78 is 2.00. The lowest BCUT2D eigenvalue weighted by Gasteiger charge is -2.21. The Bertz CT molecular complexity index is 844. The van der Waals surface area contributed by atoms with E-state index in [0.717, 1.165) is 42.5 Å². The van der Waals surface area contributed by atoms with Gasteiger partial charge in [-0.05, 0) is 52.2 Å². The number of amides is 2. The minimum atomic E-state index is -0.267. The lowest BCUT2D eigenvalue weighted by atomic mass is 9.89. The monoisotopic (exact) mass is 398 g/mol. The first kappa shape index (κ1) is 21.3. The van der Waals surface area contributed by atoms with Crippen LogP contribution in [0, 0.1) is 5.92 Å². The maximum atomic E-state index is 12.5. The van der Waals surface area contributed by atoms with Gasteiger partial charge >= 0.3 is 0 Å². The van der Waals surface area contributed by atoms with Gasteiger partial charge in [-0.25, -0.2) is 4.98 Å². The molecule has 1 aromatic heterocycles. The predicted molar refractivity (Wildman–Crippen MR) is 116 cm³/mol. The highest BCUT2D eigenvalue weighted by Crippen LogP contribution is 2.23. The summed E-state index contributed by atoms with van der Waals surface area (Å²) in [6, 6.07) is 7.91. The van der Waals surface area contributed by atoms with Gasteiger partial charge in [0.05, 0.1) is 11.0 Å². The van der Waals surface area contributed by atoms with Crippen molar-refractivity contribution in [1.29, 1.82) is 0 Å². The van der Waals surface area contributed by atoms with Gasteiger partial charge in [0.25, 0.3) is 0 Å². The Hall–Kier alpha value is -2.37. The van der Waals surface area contributed by atoms with Crippen LogP contribution in [0.2, 0.25) is 0 Å². The number of hydrogen-bond acceptors (Lipinski definition) is 3. The summed E-state index contributed by atoms with van der Waals surface area (Å²) in [5.74, 6) is 1.26. The van der Waals surface area contributed by atoms with Gasteiger partial charge in [0.15, 0.2) is 0 Å². The Kier molecular flexibility index (Phi) is 6.93. The Labute approximate surface area is 173 Å². The van der Waals surface area contributed by atoms with Crippen LogP contribution in [-0.2, 0) is 22.6 Å². The van der Waals surface area contributed by atoms with E-state index in [4.69, 9.17) is 4.98 Å². The molecule has 0 atom stereocenters. The number of fused-ring (bicyclic) bond motifs is 1. The summed E-state index contributed by atoms with van der Waals surface area (Å²) in [6.45, 7) is 6.83. The third kappa shape index (κ3) is 6.05. The number of benzene rings is 1. The predicted octanol–water partition coefficient (Wildman–Crippen LogP) is 3.58. The molecule has 1 fully saturated rings. The highest BCUT2D eigenvalue weighted by Gasteiger charge is 2.21. The molecular weight excluding hydrogens is 364 g/mol. The molecule has 1 aliphatic rings. The third-order valence-electron chi connectivity index (χ3n) is 5.40. The lowest BCUT2D eigenvalue weighted by Crippen LogP contribution is -2.42. The van der Waals surface area contributed by atoms with Gasteiger partial charge in [0.2, 0.25) is 11.8 Å². The molecule has 3 rings (SSSR count). The molecule has 2 amide bonds. The molecule has 158 valence electrons. The lowest BCUT2D eigenvalue weighted by molar-refractivity contribution is -0.126. The van der Waals surface area contributed by atoms with E-state index in [0.29, 0.717) is 6.54 Å². The second-order valence-corrected chi connectivity index (χ2v) is 9.13. The molecule has 0 spiro atoms. The van der Waals surface area contributed by atoms with Gasteiger partial charge in [0.1, 0.15) is 12.4 Å². The summed E-state index contributed by atoms with van der Waals surface area (Å²) in [6.07, 6.45) is 7.15. The van der Waals surface area contributed by atoms with Crippen LogP contribution in [0.3, 0.4) is 0 Å². The fourth-order valence-electron chi connectivity index (χ4n) is 4.06. The number of carbonyl (C=O) groups is 2. The minimum absolute atomic E-state index is 0.0208. The summed E-state index contributed by atoms with van der Waals surface area (Å²) in [5, 5.41) is 6.12. The second kappa shape index (κ2) is 9.42. The van der Waals surface area contributed by atoms with Crippen molar-refractivity contribution in [2.24, 2.45) is 5.92 Å². The average Bonchev–Trinajstić information content (AvgIpc) is 3.01. The quantitative estimate of drug-likeness (QED) is 0.700. The Morgan fingerprint density at radius 1 is 1.14 bits per heavy atom. The van der Waals surface area contributed by atoms with Crippen LogP contribution in [0.15, 0.2) is 24.3 Å². The smallest absolute Gasteiger partial charge is 0.240 e. The molecular formula is C23H34N4O2. The van der Waals surface area contributed by atoms with Gasteiger partial charge < -0.3 is 15.2 Å². The van der Waals surface area contributed by atoms with E-state index >= 15 is 0 Å². The summed E-state index contributed by atoms with van der Waals surface area (Å²) in [4.78, 5) is 29.5. The number of nitrogens with one attached hydrogen (secondary N) is 2. The normalized spacial score (nSPS) is 15.4. The molecule has 29 heavy (non-hydrogen) atoms. The van der Waals surface area contributed by atoms with Crippen molar-refractivity contribution < 1.29 is 9.59 Å². The molecule has 1 heterocycles. The number of imidazole rings is 1. The van der Waals surface area contributed by atoms with Crippen molar-refractivity contribution in [2.75, 3.05) is 6.54 Å².